The van der Waals surface area contributed by atoms with Gasteiger partial charge >= 0.3 is 6.09 Å². The number of aryl methyl sites for hydroxylation is 1. The van der Waals surface area contributed by atoms with E-state index in [1.54, 1.807) is 7.11 Å². The zero-order valence-electron chi connectivity index (χ0n) is 16.3. The number of carbonyl (C=O) groups is 1. The minimum Gasteiger partial charge on any atom is -0.497 e. The molecule has 1 saturated carbocycles. The van der Waals surface area contributed by atoms with E-state index in [0.717, 1.165) is 43.6 Å². The van der Waals surface area contributed by atoms with Crippen molar-refractivity contribution < 1.29 is 19.0 Å². The second kappa shape index (κ2) is 8.13. The molecule has 2 atom stereocenters. The molecule has 2 aliphatic rings. The predicted octanol–water partition coefficient (Wildman–Crippen LogP) is 4.45. The zero-order valence-corrected chi connectivity index (χ0v) is 16.3. The molecule has 4 rings (SSSR count). The van der Waals surface area contributed by atoms with Crippen molar-refractivity contribution in [2.24, 2.45) is 0 Å². The summed E-state index contributed by atoms with van der Waals surface area (Å²) in [5, 5.41) is 3.01. The zero-order chi connectivity index (χ0) is 19.4. The maximum Gasteiger partial charge on any atom is 0.407 e. The van der Waals surface area contributed by atoms with E-state index in [-0.39, 0.29) is 11.6 Å². The molecule has 2 fully saturated rings. The van der Waals surface area contributed by atoms with Crippen LogP contribution >= 0.6 is 0 Å². The van der Waals surface area contributed by atoms with Crippen molar-refractivity contribution in [1.82, 2.24) is 5.32 Å². The summed E-state index contributed by atoms with van der Waals surface area (Å²) in [6, 6.07) is 16.6. The number of benzene rings is 2. The lowest BCUT2D eigenvalue weighted by atomic mass is 9.92. The molecule has 1 saturated heterocycles. The molecule has 1 spiro atoms. The van der Waals surface area contributed by atoms with Gasteiger partial charge in [0.1, 0.15) is 18.1 Å². The van der Waals surface area contributed by atoms with Crippen molar-refractivity contribution in [3.8, 4) is 11.5 Å². The number of hydrogen-bond acceptors (Lipinski definition) is 4. The van der Waals surface area contributed by atoms with Gasteiger partial charge in [-0.25, -0.2) is 4.79 Å². The maximum absolute atomic E-state index is 11.4. The molecule has 5 nitrogen and oxygen atoms in total. The summed E-state index contributed by atoms with van der Waals surface area (Å²) >= 11 is 0. The summed E-state index contributed by atoms with van der Waals surface area (Å²) in [6.45, 7) is 1.19. The van der Waals surface area contributed by atoms with E-state index in [0.29, 0.717) is 19.1 Å². The summed E-state index contributed by atoms with van der Waals surface area (Å²) in [6.07, 6.45) is 4.73. The van der Waals surface area contributed by atoms with Crippen LogP contribution in [0.4, 0.5) is 4.79 Å². The van der Waals surface area contributed by atoms with Crippen molar-refractivity contribution in [1.29, 1.82) is 0 Å². The highest BCUT2D eigenvalue weighted by Crippen LogP contribution is 2.42. The molecule has 148 valence electrons. The van der Waals surface area contributed by atoms with Crippen molar-refractivity contribution in [3.63, 3.8) is 0 Å². The lowest BCUT2D eigenvalue weighted by Crippen LogP contribution is -2.40. The number of rotatable bonds is 7. The Morgan fingerprint density at radius 1 is 1.18 bits per heavy atom. The van der Waals surface area contributed by atoms with Gasteiger partial charge in [-0.3, -0.25) is 0 Å². The van der Waals surface area contributed by atoms with Crippen molar-refractivity contribution in [2.45, 2.75) is 43.6 Å². The molecule has 1 aliphatic heterocycles. The Bertz CT molecular complexity index is 820. The first kappa shape index (κ1) is 18.7. The van der Waals surface area contributed by atoms with E-state index < -0.39 is 0 Å². The van der Waals surface area contributed by atoms with Gasteiger partial charge in [-0.1, -0.05) is 30.3 Å². The molecule has 0 bridgehead atoms. The number of alkyl carbamates (subject to hydrolysis) is 1. The van der Waals surface area contributed by atoms with Crippen LogP contribution in [0, 0.1) is 0 Å². The van der Waals surface area contributed by atoms with Crippen LogP contribution in [0.25, 0.3) is 0 Å². The number of amides is 1. The second-order valence-electron chi connectivity index (χ2n) is 7.79. The Labute approximate surface area is 166 Å². The molecule has 1 N–H and O–H groups in total. The Morgan fingerprint density at radius 3 is 2.75 bits per heavy atom. The minimum atomic E-state index is -0.271. The van der Waals surface area contributed by atoms with E-state index in [1.165, 1.54) is 11.1 Å². The first-order chi connectivity index (χ1) is 13.7. The number of nitrogens with one attached hydrogen (secondary N) is 1. The van der Waals surface area contributed by atoms with Crippen LogP contribution in [0.15, 0.2) is 48.5 Å². The summed E-state index contributed by atoms with van der Waals surface area (Å²) < 4.78 is 16.1. The molecular weight excluding hydrogens is 354 g/mol. The standard InChI is InChI=1S/C23H27NO4/c1-26-20-5-2-6-21(14-20)27-13-3-4-17-7-9-18(10-8-17)19-11-12-23(15-19)16-28-22(25)24-23/h2,5-10,14,19H,3-4,11-13,15-16H2,1H3,(H,24,25)/t19-,23-/m1/s1. The second-order valence-corrected chi connectivity index (χ2v) is 7.79. The maximum atomic E-state index is 11.4. The SMILES string of the molecule is COc1cccc(OCCCc2ccc([C@@H]3CC[C@]4(COC(=O)N4)C3)cc2)c1. The van der Waals surface area contributed by atoms with Gasteiger partial charge in [0.05, 0.1) is 19.3 Å². The minimum absolute atomic E-state index is 0.141. The summed E-state index contributed by atoms with van der Waals surface area (Å²) in [7, 11) is 1.66. The highest BCUT2D eigenvalue weighted by Gasteiger charge is 2.45. The quantitative estimate of drug-likeness (QED) is 0.720. The van der Waals surface area contributed by atoms with Gasteiger partial charge in [0.15, 0.2) is 0 Å². The molecule has 0 radical (unpaired) electrons. The molecule has 1 aliphatic carbocycles. The van der Waals surface area contributed by atoms with Crippen LogP contribution < -0.4 is 14.8 Å². The number of cyclic esters (lactones) is 1. The fourth-order valence-electron chi connectivity index (χ4n) is 4.26. The lowest BCUT2D eigenvalue weighted by Gasteiger charge is -2.20. The van der Waals surface area contributed by atoms with E-state index in [4.69, 9.17) is 14.2 Å². The molecule has 1 heterocycles. The highest BCUT2D eigenvalue weighted by atomic mass is 16.6. The summed E-state index contributed by atoms with van der Waals surface area (Å²) in [5.74, 6) is 2.14. The smallest absolute Gasteiger partial charge is 0.407 e. The fourth-order valence-corrected chi connectivity index (χ4v) is 4.26. The molecular formula is C23H27NO4. The number of methoxy groups -OCH3 is 1. The van der Waals surface area contributed by atoms with Gasteiger partial charge in [-0.15, -0.1) is 0 Å². The highest BCUT2D eigenvalue weighted by molar-refractivity contribution is 5.70. The fraction of sp³-hybridized carbons (Fsp3) is 0.435. The van der Waals surface area contributed by atoms with Gasteiger partial charge in [0.2, 0.25) is 0 Å². The van der Waals surface area contributed by atoms with Crippen LogP contribution in [-0.2, 0) is 11.2 Å². The third-order valence-electron chi connectivity index (χ3n) is 5.83. The van der Waals surface area contributed by atoms with Crippen LogP contribution in [0.1, 0.15) is 42.7 Å². The molecule has 5 heteroatoms. The first-order valence-corrected chi connectivity index (χ1v) is 9.96. The lowest BCUT2D eigenvalue weighted by molar-refractivity contribution is 0.172. The van der Waals surface area contributed by atoms with Crippen molar-refractivity contribution >= 4 is 6.09 Å². The van der Waals surface area contributed by atoms with Gasteiger partial charge in [0, 0.05) is 6.07 Å². The number of hydrogen-bond donors (Lipinski definition) is 1. The normalized spacial score (nSPS) is 23.5. The van der Waals surface area contributed by atoms with Gasteiger partial charge in [0.25, 0.3) is 0 Å². The van der Waals surface area contributed by atoms with Gasteiger partial charge in [-0.05, 0) is 61.3 Å². The van der Waals surface area contributed by atoms with E-state index in [1.807, 2.05) is 24.3 Å². The molecule has 2 aromatic rings. The van der Waals surface area contributed by atoms with Gasteiger partial charge < -0.3 is 19.5 Å². The molecule has 28 heavy (non-hydrogen) atoms. The summed E-state index contributed by atoms with van der Waals surface area (Å²) in [5.41, 5.74) is 2.54. The third-order valence-corrected chi connectivity index (χ3v) is 5.83. The van der Waals surface area contributed by atoms with Crippen LogP contribution in [-0.4, -0.2) is 32.0 Å². The molecule has 1 amide bonds. The molecule has 2 aromatic carbocycles. The van der Waals surface area contributed by atoms with E-state index in [9.17, 15) is 4.79 Å². The Hall–Kier alpha value is -2.69. The predicted molar refractivity (Wildman–Crippen MR) is 107 cm³/mol. The summed E-state index contributed by atoms with van der Waals surface area (Å²) in [4.78, 5) is 11.4. The van der Waals surface area contributed by atoms with Crippen molar-refractivity contribution in [2.75, 3.05) is 20.3 Å². The van der Waals surface area contributed by atoms with E-state index >= 15 is 0 Å². The monoisotopic (exact) mass is 381 g/mol. The molecule has 0 aromatic heterocycles. The number of ether oxygens (including phenoxy) is 3. The Kier molecular flexibility index (Phi) is 5.42. The molecule has 0 unspecified atom stereocenters. The topological polar surface area (TPSA) is 56.8 Å². The Morgan fingerprint density at radius 2 is 2.00 bits per heavy atom. The van der Waals surface area contributed by atoms with Crippen molar-refractivity contribution in [3.05, 3.63) is 59.7 Å². The third kappa shape index (κ3) is 4.24. The van der Waals surface area contributed by atoms with Crippen LogP contribution in [0.2, 0.25) is 0 Å². The van der Waals surface area contributed by atoms with Crippen LogP contribution in [0.5, 0.6) is 11.5 Å². The average molecular weight is 381 g/mol. The van der Waals surface area contributed by atoms with E-state index in [2.05, 4.69) is 29.6 Å². The van der Waals surface area contributed by atoms with Crippen LogP contribution in [0.3, 0.4) is 0 Å². The average Bonchev–Trinajstić information content (AvgIpc) is 3.31. The largest absolute Gasteiger partial charge is 0.497 e. The Balaban J connectivity index is 1.24. The number of carbonyl (C=O) groups excluding carboxylic acids is 1. The first-order valence-electron chi connectivity index (χ1n) is 9.96. The van der Waals surface area contributed by atoms with Gasteiger partial charge in [-0.2, -0.15) is 0 Å².